The SMILES string of the molecule is Cc1cnc(CCCOc2cc(OCC#N)cc3c2c(C(=O)O)c2ccccn23)o1. The summed E-state index contributed by atoms with van der Waals surface area (Å²) in [4.78, 5) is 16.2. The van der Waals surface area contributed by atoms with Crippen molar-refractivity contribution in [2.75, 3.05) is 13.2 Å². The van der Waals surface area contributed by atoms with Crippen molar-refractivity contribution < 1.29 is 23.8 Å². The van der Waals surface area contributed by atoms with Crippen LogP contribution in [0.1, 0.15) is 28.4 Å². The summed E-state index contributed by atoms with van der Waals surface area (Å²) in [5, 5.41) is 19.2. The number of nitriles is 1. The highest BCUT2D eigenvalue weighted by molar-refractivity contribution is 6.13. The van der Waals surface area contributed by atoms with E-state index in [2.05, 4.69) is 4.98 Å². The van der Waals surface area contributed by atoms with Crippen molar-refractivity contribution in [1.29, 1.82) is 5.26 Å². The number of hydrogen-bond acceptors (Lipinski definition) is 6. The van der Waals surface area contributed by atoms with E-state index in [4.69, 9.17) is 19.2 Å². The Hall–Kier alpha value is -3.99. The van der Waals surface area contributed by atoms with Gasteiger partial charge in [-0.2, -0.15) is 5.26 Å². The molecule has 0 saturated carbocycles. The number of rotatable bonds is 8. The number of carbonyl (C=O) groups is 1. The molecule has 4 rings (SSSR count). The second-order valence-corrected chi connectivity index (χ2v) is 6.72. The molecule has 152 valence electrons. The lowest BCUT2D eigenvalue weighted by Crippen LogP contribution is -2.03. The molecule has 1 N–H and O–H groups in total. The number of aromatic nitrogens is 2. The van der Waals surface area contributed by atoms with E-state index < -0.39 is 5.97 Å². The normalized spacial score (nSPS) is 10.9. The van der Waals surface area contributed by atoms with Crippen LogP contribution in [0.15, 0.2) is 47.1 Å². The zero-order chi connectivity index (χ0) is 21.1. The van der Waals surface area contributed by atoms with Gasteiger partial charge in [0.15, 0.2) is 12.5 Å². The van der Waals surface area contributed by atoms with Gasteiger partial charge >= 0.3 is 5.97 Å². The molecule has 4 aromatic rings. The molecule has 1 aromatic carbocycles. The topological polar surface area (TPSA) is 110 Å². The number of oxazole rings is 1. The highest BCUT2D eigenvalue weighted by Crippen LogP contribution is 2.37. The Morgan fingerprint density at radius 1 is 1.30 bits per heavy atom. The smallest absolute Gasteiger partial charge is 0.338 e. The van der Waals surface area contributed by atoms with Gasteiger partial charge in [-0.15, -0.1) is 0 Å². The maximum absolute atomic E-state index is 12.1. The monoisotopic (exact) mass is 405 g/mol. The van der Waals surface area contributed by atoms with Crippen LogP contribution in [0.4, 0.5) is 0 Å². The van der Waals surface area contributed by atoms with Crippen molar-refractivity contribution in [1.82, 2.24) is 9.38 Å². The molecule has 8 heteroatoms. The fourth-order valence-electron chi connectivity index (χ4n) is 3.45. The van der Waals surface area contributed by atoms with Gasteiger partial charge in [0, 0.05) is 24.8 Å². The van der Waals surface area contributed by atoms with Crippen LogP contribution in [0.25, 0.3) is 16.4 Å². The number of aryl methyl sites for hydroxylation is 2. The molecular weight excluding hydrogens is 386 g/mol. The van der Waals surface area contributed by atoms with Gasteiger partial charge in [-0.1, -0.05) is 6.07 Å². The number of pyridine rings is 1. The maximum Gasteiger partial charge on any atom is 0.338 e. The number of benzene rings is 1. The van der Waals surface area contributed by atoms with E-state index in [-0.39, 0.29) is 12.2 Å². The molecule has 0 spiro atoms. The Bertz CT molecular complexity index is 1270. The minimum absolute atomic E-state index is 0.121. The van der Waals surface area contributed by atoms with Gasteiger partial charge in [0.2, 0.25) is 0 Å². The third kappa shape index (κ3) is 3.65. The van der Waals surface area contributed by atoms with Crippen molar-refractivity contribution >= 4 is 22.4 Å². The zero-order valence-electron chi connectivity index (χ0n) is 16.3. The predicted octanol–water partition coefficient (Wildman–Crippen LogP) is 4.00. The van der Waals surface area contributed by atoms with Gasteiger partial charge in [0.25, 0.3) is 0 Å². The molecule has 30 heavy (non-hydrogen) atoms. The predicted molar refractivity (Wildman–Crippen MR) is 108 cm³/mol. The molecular formula is C22H19N3O5. The van der Waals surface area contributed by atoms with Crippen LogP contribution in [0.3, 0.4) is 0 Å². The minimum Gasteiger partial charge on any atom is -0.493 e. The Balaban J connectivity index is 1.72. The zero-order valence-corrected chi connectivity index (χ0v) is 16.3. The number of carboxylic acids is 1. The van der Waals surface area contributed by atoms with Gasteiger partial charge in [0.05, 0.1) is 34.8 Å². The van der Waals surface area contributed by atoms with Crippen LogP contribution in [0.5, 0.6) is 11.5 Å². The number of carboxylic acid groups (broad SMARTS) is 1. The highest BCUT2D eigenvalue weighted by atomic mass is 16.5. The van der Waals surface area contributed by atoms with Crippen LogP contribution in [0.2, 0.25) is 0 Å². The summed E-state index contributed by atoms with van der Waals surface area (Å²) < 4.78 is 18.7. The number of nitrogens with zero attached hydrogens (tertiary/aromatic N) is 3. The fourth-order valence-corrected chi connectivity index (χ4v) is 3.45. The van der Waals surface area contributed by atoms with E-state index in [1.54, 1.807) is 41.1 Å². The van der Waals surface area contributed by atoms with Crippen molar-refractivity contribution in [2.45, 2.75) is 19.8 Å². The van der Waals surface area contributed by atoms with Crippen molar-refractivity contribution in [2.24, 2.45) is 0 Å². The Kier molecular flexibility index (Phi) is 5.26. The van der Waals surface area contributed by atoms with Gasteiger partial charge < -0.3 is 23.4 Å². The van der Waals surface area contributed by atoms with Gasteiger partial charge in [0.1, 0.15) is 23.3 Å². The van der Waals surface area contributed by atoms with Crippen molar-refractivity contribution in [3.05, 3.63) is 59.9 Å². The Labute approximate surface area is 171 Å². The molecule has 0 aliphatic carbocycles. The molecule has 0 radical (unpaired) electrons. The number of fused-ring (bicyclic) bond motifs is 3. The summed E-state index contributed by atoms with van der Waals surface area (Å²) in [6, 6.07) is 10.6. The first-order valence-electron chi connectivity index (χ1n) is 9.42. The van der Waals surface area contributed by atoms with Crippen LogP contribution in [-0.2, 0) is 6.42 Å². The Morgan fingerprint density at radius 2 is 2.17 bits per heavy atom. The van der Waals surface area contributed by atoms with Gasteiger partial charge in [-0.3, -0.25) is 0 Å². The van der Waals surface area contributed by atoms with Crippen LogP contribution in [-0.4, -0.2) is 33.7 Å². The first-order chi connectivity index (χ1) is 14.6. The summed E-state index contributed by atoms with van der Waals surface area (Å²) in [5.41, 5.74) is 1.35. The maximum atomic E-state index is 12.1. The van der Waals surface area contributed by atoms with Crippen LogP contribution >= 0.6 is 0 Å². The third-order valence-electron chi connectivity index (χ3n) is 4.66. The van der Waals surface area contributed by atoms with Gasteiger partial charge in [-0.25, -0.2) is 9.78 Å². The minimum atomic E-state index is -1.04. The molecule has 8 nitrogen and oxygen atoms in total. The molecule has 0 aliphatic rings. The first-order valence-corrected chi connectivity index (χ1v) is 9.42. The molecule has 0 fully saturated rings. The van der Waals surface area contributed by atoms with E-state index >= 15 is 0 Å². The molecule has 3 heterocycles. The van der Waals surface area contributed by atoms with E-state index in [1.165, 1.54) is 0 Å². The number of aromatic carboxylic acids is 1. The summed E-state index contributed by atoms with van der Waals surface area (Å²) in [6.45, 7) is 2.05. The van der Waals surface area contributed by atoms with Crippen molar-refractivity contribution in [3.8, 4) is 17.6 Å². The lowest BCUT2D eigenvalue weighted by Gasteiger charge is -2.11. The lowest BCUT2D eigenvalue weighted by molar-refractivity contribution is 0.0700. The number of ether oxygens (including phenoxy) is 2. The number of hydrogen-bond donors (Lipinski definition) is 1. The summed E-state index contributed by atoms with van der Waals surface area (Å²) in [7, 11) is 0. The highest BCUT2D eigenvalue weighted by Gasteiger charge is 2.22. The fraction of sp³-hybridized carbons (Fsp3) is 0.227. The third-order valence-corrected chi connectivity index (χ3v) is 4.66. The molecule has 0 amide bonds. The van der Waals surface area contributed by atoms with E-state index in [9.17, 15) is 9.90 Å². The van der Waals surface area contributed by atoms with E-state index in [1.807, 2.05) is 19.1 Å². The molecule has 0 aliphatic heterocycles. The molecule has 0 unspecified atom stereocenters. The molecule has 0 bridgehead atoms. The Morgan fingerprint density at radius 3 is 2.90 bits per heavy atom. The quantitative estimate of drug-likeness (QED) is 0.441. The molecule has 0 saturated heterocycles. The van der Waals surface area contributed by atoms with Crippen LogP contribution in [0, 0.1) is 18.3 Å². The van der Waals surface area contributed by atoms with E-state index in [0.717, 1.165) is 5.76 Å². The largest absolute Gasteiger partial charge is 0.493 e. The molecule has 3 aromatic heterocycles. The summed E-state index contributed by atoms with van der Waals surface area (Å²) in [5.74, 6) is 1.17. The first kappa shape index (κ1) is 19.3. The summed E-state index contributed by atoms with van der Waals surface area (Å²) >= 11 is 0. The second kappa shape index (κ2) is 8.17. The average molecular weight is 405 g/mol. The summed E-state index contributed by atoms with van der Waals surface area (Å²) in [6.07, 6.45) is 4.69. The second-order valence-electron chi connectivity index (χ2n) is 6.72. The standard InChI is InChI=1S/C22H19N3O5/c1-14-13-24-19(30-14)6-4-9-29-18-12-15(28-10-7-23)11-17-20(18)21(22(26)27)16-5-2-3-8-25(16)17/h2-3,5,8,11-13H,4,6,9-10H2,1H3,(H,26,27). The van der Waals surface area contributed by atoms with E-state index in [0.29, 0.717) is 53.3 Å². The molecule has 0 atom stereocenters. The van der Waals surface area contributed by atoms with Crippen LogP contribution < -0.4 is 9.47 Å². The lowest BCUT2D eigenvalue weighted by atomic mass is 10.1. The van der Waals surface area contributed by atoms with Gasteiger partial charge in [-0.05, 0) is 25.5 Å². The van der Waals surface area contributed by atoms with Crippen molar-refractivity contribution in [3.63, 3.8) is 0 Å². The average Bonchev–Trinajstić information content (AvgIpc) is 3.30.